The number of methoxy groups -OCH3 is 1. The number of benzene rings is 2. The topological polar surface area (TPSA) is 35.2 Å². The lowest BCUT2D eigenvalue weighted by Crippen LogP contribution is -2.12. The average Bonchev–Trinajstić information content (AvgIpc) is 2.41. The number of halogens is 2. The molecule has 0 heterocycles. The smallest absolute Gasteiger partial charge is 0.137 e. The highest BCUT2D eigenvalue weighted by atomic mass is 79.9. The number of hydrogen-bond acceptors (Lipinski definition) is 2. The lowest BCUT2D eigenvalue weighted by atomic mass is 9.98. The Hall–Kier alpha value is -1.39. The molecule has 0 bridgehead atoms. The number of ether oxygens (including phenoxy) is 1. The van der Waals surface area contributed by atoms with Gasteiger partial charge in [-0.3, -0.25) is 0 Å². The highest BCUT2D eigenvalue weighted by molar-refractivity contribution is 9.10. The number of nitrogens with two attached hydrogens (primary N) is 1. The van der Waals surface area contributed by atoms with E-state index in [1.54, 1.807) is 19.2 Å². The SMILES string of the molecule is COc1cc(C(N)c2ccc(F)c(Br)c2)ccc1C. The molecule has 1 atom stereocenters. The van der Waals surface area contributed by atoms with Crippen molar-refractivity contribution in [2.75, 3.05) is 7.11 Å². The molecule has 19 heavy (non-hydrogen) atoms. The molecule has 100 valence electrons. The Balaban J connectivity index is 2.37. The van der Waals surface area contributed by atoms with Crippen LogP contribution in [0.25, 0.3) is 0 Å². The quantitative estimate of drug-likeness (QED) is 0.928. The van der Waals surface area contributed by atoms with Gasteiger partial charge in [0.1, 0.15) is 11.6 Å². The summed E-state index contributed by atoms with van der Waals surface area (Å²) in [5.41, 5.74) is 9.04. The van der Waals surface area contributed by atoms with Crippen molar-refractivity contribution in [2.24, 2.45) is 5.73 Å². The zero-order valence-corrected chi connectivity index (χ0v) is 12.4. The third kappa shape index (κ3) is 2.96. The van der Waals surface area contributed by atoms with Crippen molar-refractivity contribution in [1.82, 2.24) is 0 Å². The van der Waals surface area contributed by atoms with Crippen LogP contribution >= 0.6 is 15.9 Å². The molecule has 0 aliphatic carbocycles. The van der Waals surface area contributed by atoms with E-state index in [4.69, 9.17) is 10.5 Å². The molecule has 0 aromatic heterocycles. The summed E-state index contributed by atoms with van der Waals surface area (Å²) in [7, 11) is 1.63. The third-order valence-electron chi connectivity index (χ3n) is 3.09. The fourth-order valence-corrected chi connectivity index (χ4v) is 2.32. The van der Waals surface area contributed by atoms with Crippen LogP contribution in [0.1, 0.15) is 22.7 Å². The number of hydrogen-bond donors (Lipinski definition) is 1. The van der Waals surface area contributed by atoms with Crippen molar-refractivity contribution in [1.29, 1.82) is 0 Å². The minimum Gasteiger partial charge on any atom is -0.496 e. The van der Waals surface area contributed by atoms with E-state index >= 15 is 0 Å². The summed E-state index contributed by atoms with van der Waals surface area (Å²) in [6, 6.07) is 10.3. The van der Waals surface area contributed by atoms with Crippen molar-refractivity contribution in [3.05, 3.63) is 63.4 Å². The first-order valence-electron chi connectivity index (χ1n) is 5.88. The molecule has 2 nitrogen and oxygen atoms in total. The van der Waals surface area contributed by atoms with Crippen LogP contribution < -0.4 is 10.5 Å². The fourth-order valence-electron chi connectivity index (χ4n) is 1.93. The largest absolute Gasteiger partial charge is 0.496 e. The molecule has 0 saturated carbocycles. The number of rotatable bonds is 3. The van der Waals surface area contributed by atoms with E-state index in [-0.39, 0.29) is 11.9 Å². The van der Waals surface area contributed by atoms with E-state index in [0.29, 0.717) is 4.47 Å². The maximum absolute atomic E-state index is 13.2. The summed E-state index contributed by atoms with van der Waals surface area (Å²) < 4.78 is 18.9. The van der Waals surface area contributed by atoms with E-state index < -0.39 is 0 Å². The van der Waals surface area contributed by atoms with Crippen LogP contribution in [0.3, 0.4) is 0 Å². The Morgan fingerprint density at radius 2 is 1.79 bits per heavy atom. The van der Waals surface area contributed by atoms with Gasteiger partial charge >= 0.3 is 0 Å². The lowest BCUT2D eigenvalue weighted by Gasteiger charge is -2.15. The molecule has 1 unspecified atom stereocenters. The highest BCUT2D eigenvalue weighted by Crippen LogP contribution is 2.28. The van der Waals surface area contributed by atoms with Gasteiger partial charge in [0.25, 0.3) is 0 Å². The molecule has 0 radical (unpaired) electrons. The minimum absolute atomic E-state index is 0.294. The average molecular weight is 324 g/mol. The Morgan fingerprint density at radius 1 is 1.16 bits per heavy atom. The molecule has 2 rings (SSSR count). The van der Waals surface area contributed by atoms with Gasteiger partial charge in [-0.15, -0.1) is 0 Å². The molecule has 0 aliphatic rings. The van der Waals surface area contributed by atoms with Crippen molar-refractivity contribution in [3.8, 4) is 5.75 Å². The van der Waals surface area contributed by atoms with Gasteiger partial charge in [0.2, 0.25) is 0 Å². The molecule has 2 N–H and O–H groups in total. The summed E-state index contributed by atoms with van der Waals surface area (Å²) in [5, 5.41) is 0. The van der Waals surface area contributed by atoms with E-state index in [1.807, 2.05) is 25.1 Å². The molecule has 2 aromatic carbocycles. The van der Waals surface area contributed by atoms with E-state index in [1.165, 1.54) is 6.07 Å². The van der Waals surface area contributed by atoms with Crippen LogP contribution in [0.4, 0.5) is 4.39 Å². The standard InChI is InChI=1S/C15H15BrFNO/c1-9-3-4-11(8-14(9)19-2)15(18)10-5-6-13(17)12(16)7-10/h3-8,15H,18H2,1-2H3. The van der Waals surface area contributed by atoms with Crippen LogP contribution in [0.5, 0.6) is 5.75 Å². The Morgan fingerprint density at radius 3 is 2.42 bits per heavy atom. The summed E-state index contributed by atoms with van der Waals surface area (Å²) >= 11 is 3.17. The molecule has 0 fully saturated rings. The second-order valence-electron chi connectivity index (χ2n) is 4.38. The molecular weight excluding hydrogens is 309 g/mol. The summed E-state index contributed by atoms with van der Waals surface area (Å²) in [5.74, 6) is 0.506. The van der Waals surface area contributed by atoms with E-state index in [9.17, 15) is 4.39 Å². The molecule has 0 spiro atoms. The summed E-state index contributed by atoms with van der Waals surface area (Å²) in [6.45, 7) is 1.97. The molecule has 0 aliphatic heterocycles. The first-order chi connectivity index (χ1) is 9.02. The lowest BCUT2D eigenvalue weighted by molar-refractivity contribution is 0.411. The van der Waals surface area contributed by atoms with Crippen molar-refractivity contribution >= 4 is 15.9 Å². The monoisotopic (exact) mass is 323 g/mol. The van der Waals surface area contributed by atoms with Crippen molar-refractivity contribution in [2.45, 2.75) is 13.0 Å². The molecule has 0 saturated heterocycles. The molecule has 2 aromatic rings. The predicted molar refractivity (Wildman–Crippen MR) is 77.9 cm³/mol. The van der Waals surface area contributed by atoms with Crippen LogP contribution in [0.2, 0.25) is 0 Å². The van der Waals surface area contributed by atoms with E-state index in [2.05, 4.69) is 15.9 Å². The van der Waals surface area contributed by atoms with Crippen molar-refractivity contribution in [3.63, 3.8) is 0 Å². The Labute approximate surface area is 120 Å². The van der Waals surface area contributed by atoms with Gasteiger partial charge in [0.15, 0.2) is 0 Å². The number of aryl methyl sites for hydroxylation is 1. The van der Waals surface area contributed by atoms with Gasteiger partial charge in [-0.25, -0.2) is 4.39 Å². The maximum atomic E-state index is 13.2. The van der Waals surface area contributed by atoms with Crippen LogP contribution in [-0.4, -0.2) is 7.11 Å². The maximum Gasteiger partial charge on any atom is 0.137 e. The second-order valence-corrected chi connectivity index (χ2v) is 5.23. The fraction of sp³-hybridized carbons (Fsp3) is 0.200. The zero-order chi connectivity index (χ0) is 14.0. The minimum atomic E-state index is -0.314. The Kier molecular flexibility index (Phi) is 4.22. The molecule has 4 heteroatoms. The highest BCUT2D eigenvalue weighted by Gasteiger charge is 2.12. The third-order valence-corrected chi connectivity index (χ3v) is 3.70. The zero-order valence-electron chi connectivity index (χ0n) is 10.8. The first kappa shape index (κ1) is 14.0. The van der Waals surface area contributed by atoms with Crippen LogP contribution in [0.15, 0.2) is 40.9 Å². The van der Waals surface area contributed by atoms with Gasteiger partial charge in [-0.05, 0) is 57.7 Å². The van der Waals surface area contributed by atoms with Crippen LogP contribution in [0, 0.1) is 12.7 Å². The Bertz CT molecular complexity index is 601. The van der Waals surface area contributed by atoms with Gasteiger partial charge in [0, 0.05) is 0 Å². The van der Waals surface area contributed by atoms with Crippen molar-refractivity contribution < 1.29 is 9.13 Å². The normalized spacial score (nSPS) is 12.3. The van der Waals surface area contributed by atoms with Gasteiger partial charge in [0.05, 0.1) is 17.6 Å². The van der Waals surface area contributed by atoms with E-state index in [0.717, 1.165) is 22.4 Å². The van der Waals surface area contributed by atoms with Gasteiger partial charge in [-0.2, -0.15) is 0 Å². The summed E-state index contributed by atoms with van der Waals surface area (Å²) in [6.07, 6.45) is 0. The molecule has 0 amide bonds. The van der Waals surface area contributed by atoms with Gasteiger partial charge < -0.3 is 10.5 Å². The van der Waals surface area contributed by atoms with Crippen LogP contribution in [-0.2, 0) is 0 Å². The first-order valence-corrected chi connectivity index (χ1v) is 6.67. The summed E-state index contributed by atoms with van der Waals surface area (Å²) in [4.78, 5) is 0. The van der Waals surface area contributed by atoms with Gasteiger partial charge in [-0.1, -0.05) is 18.2 Å². The predicted octanol–water partition coefficient (Wildman–Crippen LogP) is 3.95. The molecular formula is C15H15BrFNO. The second kappa shape index (κ2) is 5.72.